The minimum absolute atomic E-state index is 0.119. The number of carbonyl (C=O) groups excluding carboxylic acids is 3. The quantitative estimate of drug-likeness (QED) is 0.736. The SMILES string of the molecule is O=C(Nc1cccc(NC(=O)C2CCN(C(=O)OCC(F)(F)F)CC2)c1)c1ccco1. The molecule has 1 aromatic heterocycles. The number of amides is 3. The number of nitrogens with one attached hydrogen (secondary N) is 2. The van der Waals surface area contributed by atoms with Gasteiger partial charge in [0.1, 0.15) is 0 Å². The molecule has 2 aromatic rings. The second kappa shape index (κ2) is 9.54. The van der Waals surface area contributed by atoms with Gasteiger partial charge in [-0.05, 0) is 43.2 Å². The molecule has 2 heterocycles. The fourth-order valence-corrected chi connectivity index (χ4v) is 3.08. The number of ether oxygens (including phenoxy) is 1. The second-order valence-electron chi connectivity index (χ2n) is 6.93. The number of anilines is 2. The van der Waals surface area contributed by atoms with Crippen molar-refractivity contribution in [3.63, 3.8) is 0 Å². The molecule has 11 heteroatoms. The second-order valence-corrected chi connectivity index (χ2v) is 6.93. The average molecular weight is 439 g/mol. The molecular weight excluding hydrogens is 419 g/mol. The van der Waals surface area contributed by atoms with Crippen molar-refractivity contribution < 1.29 is 36.7 Å². The zero-order valence-electron chi connectivity index (χ0n) is 16.3. The normalized spacial score (nSPS) is 14.7. The highest BCUT2D eigenvalue weighted by Gasteiger charge is 2.33. The van der Waals surface area contributed by atoms with Crippen LogP contribution in [0.1, 0.15) is 23.4 Å². The Morgan fingerprint density at radius 1 is 1.06 bits per heavy atom. The summed E-state index contributed by atoms with van der Waals surface area (Å²) in [7, 11) is 0. The number of benzene rings is 1. The molecule has 0 atom stereocenters. The highest BCUT2D eigenvalue weighted by molar-refractivity contribution is 6.02. The van der Waals surface area contributed by atoms with Gasteiger partial charge in [0.15, 0.2) is 12.4 Å². The molecule has 166 valence electrons. The van der Waals surface area contributed by atoms with Crippen LogP contribution in [-0.2, 0) is 9.53 Å². The summed E-state index contributed by atoms with van der Waals surface area (Å²) in [6.07, 6.45) is -3.66. The van der Waals surface area contributed by atoms with E-state index in [1.54, 1.807) is 30.3 Å². The van der Waals surface area contributed by atoms with Crippen molar-refractivity contribution in [2.45, 2.75) is 19.0 Å². The first-order valence-corrected chi connectivity index (χ1v) is 9.45. The van der Waals surface area contributed by atoms with Gasteiger partial charge in [-0.2, -0.15) is 13.2 Å². The fraction of sp³-hybridized carbons (Fsp3) is 0.350. The largest absolute Gasteiger partial charge is 0.459 e. The van der Waals surface area contributed by atoms with Crippen molar-refractivity contribution in [2.75, 3.05) is 30.3 Å². The first-order valence-electron chi connectivity index (χ1n) is 9.45. The summed E-state index contributed by atoms with van der Waals surface area (Å²) >= 11 is 0. The lowest BCUT2D eigenvalue weighted by Gasteiger charge is -2.30. The molecule has 1 aliphatic heterocycles. The van der Waals surface area contributed by atoms with E-state index >= 15 is 0 Å². The lowest BCUT2D eigenvalue weighted by Crippen LogP contribution is -2.42. The van der Waals surface area contributed by atoms with Gasteiger partial charge in [-0.15, -0.1) is 0 Å². The predicted octanol–water partition coefficient (Wildman–Crippen LogP) is 3.88. The summed E-state index contributed by atoms with van der Waals surface area (Å²) in [6.45, 7) is -1.40. The van der Waals surface area contributed by atoms with E-state index in [9.17, 15) is 27.6 Å². The Bertz CT molecular complexity index is 922. The highest BCUT2D eigenvalue weighted by atomic mass is 19.4. The van der Waals surface area contributed by atoms with Gasteiger partial charge in [0, 0.05) is 30.4 Å². The van der Waals surface area contributed by atoms with Gasteiger partial charge < -0.3 is 24.7 Å². The summed E-state index contributed by atoms with van der Waals surface area (Å²) < 4.78 is 45.7. The lowest BCUT2D eigenvalue weighted by molar-refractivity contribution is -0.162. The third kappa shape index (κ3) is 6.49. The molecule has 1 saturated heterocycles. The zero-order chi connectivity index (χ0) is 22.4. The van der Waals surface area contributed by atoms with Crippen LogP contribution < -0.4 is 10.6 Å². The van der Waals surface area contributed by atoms with Gasteiger partial charge in [0.05, 0.1) is 6.26 Å². The van der Waals surface area contributed by atoms with Gasteiger partial charge in [0.25, 0.3) is 5.91 Å². The van der Waals surface area contributed by atoms with Gasteiger partial charge in [-0.1, -0.05) is 6.07 Å². The van der Waals surface area contributed by atoms with Crippen molar-refractivity contribution >= 4 is 29.3 Å². The van der Waals surface area contributed by atoms with Crippen LogP contribution in [0.5, 0.6) is 0 Å². The van der Waals surface area contributed by atoms with E-state index < -0.39 is 30.7 Å². The maximum atomic E-state index is 12.5. The van der Waals surface area contributed by atoms with E-state index in [1.807, 2.05) is 0 Å². The molecule has 0 bridgehead atoms. The number of piperidine rings is 1. The fourth-order valence-electron chi connectivity index (χ4n) is 3.08. The molecule has 0 unspecified atom stereocenters. The van der Waals surface area contributed by atoms with Gasteiger partial charge in [-0.25, -0.2) is 4.79 Å². The molecule has 0 saturated carbocycles. The smallest absolute Gasteiger partial charge is 0.422 e. The molecule has 2 N–H and O–H groups in total. The van der Waals surface area contributed by atoms with E-state index in [0.29, 0.717) is 24.2 Å². The van der Waals surface area contributed by atoms with Crippen LogP contribution in [0.4, 0.5) is 29.3 Å². The number of furan rings is 1. The van der Waals surface area contributed by atoms with E-state index in [0.717, 1.165) is 4.90 Å². The number of carbonyl (C=O) groups is 3. The summed E-state index contributed by atoms with van der Waals surface area (Å²) in [5.41, 5.74) is 0.927. The molecule has 8 nitrogen and oxygen atoms in total. The summed E-state index contributed by atoms with van der Waals surface area (Å²) in [5, 5.41) is 5.41. The number of halogens is 3. The number of alkyl halides is 3. The molecule has 3 amide bonds. The summed E-state index contributed by atoms with van der Waals surface area (Å²) in [5.74, 6) is -0.973. The third-order valence-corrected chi connectivity index (χ3v) is 4.62. The zero-order valence-corrected chi connectivity index (χ0v) is 16.3. The van der Waals surface area contributed by atoms with Crippen molar-refractivity contribution in [1.82, 2.24) is 4.90 Å². The van der Waals surface area contributed by atoms with Crippen molar-refractivity contribution in [3.8, 4) is 0 Å². The molecule has 1 aromatic carbocycles. The lowest BCUT2D eigenvalue weighted by atomic mass is 9.96. The Hall–Kier alpha value is -3.50. The Morgan fingerprint density at radius 2 is 1.74 bits per heavy atom. The minimum atomic E-state index is -4.58. The summed E-state index contributed by atoms with van der Waals surface area (Å²) in [6, 6.07) is 9.67. The van der Waals surface area contributed by atoms with E-state index in [-0.39, 0.29) is 24.8 Å². The van der Waals surface area contributed by atoms with Gasteiger partial charge >= 0.3 is 12.3 Å². The van der Waals surface area contributed by atoms with Crippen molar-refractivity contribution in [1.29, 1.82) is 0 Å². The molecule has 0 radical (unpaired) electrons. The minimum Gasteiger partial charge on any atom is -0.459 e. The molecule has 3 rings (SSSR count). The maximum Gasteiger partial charge on any atom is 0.422 e. The molecule has 0 aliphatic carbocycles. The van der Waals surface area contributed by atoms with Crippen molar-refractivity contribution in [2.24, 2.45) is 5.92 Å². The van der Waals surface area contributed by atoms with E-state index in [2.05, 4.69) is 15.4 Å². The first kappa shape index (κ1) is 22.2. The Morgan fingerprint density at radius 3 is 2.35 bits per heavy atom. The monoisotopic (exact) mass is 439 g/mol. The number of hydrogen-bond donors (Lipinski definition) is 2. The van der Waals surface area contributed by atoms with Gasteiger partial charge in [-0.3, -0.25) is 9.59 Å². The Labute approximate surface area is 175 Å². The van der Waals surface area contributed by atoms with Crippen LogP contribution >= 0.6 is 0 Å². The summed E-state index contributed by atoms with van der Waals surface area (Å²) in [4.78, 5) is 37.4. The van der Waals surface area contributed by atoms with Crippen LogP contribution in [0.15, 0.2) is 47.1 Å². The van der Waals surface area contributed by atoms with Crippen LogP contribution in [0.25, 0.3) is 0 Å². The van der Waals surface area contributed by atoms with Crippen LogP contribution in [0, 0.1) is 5.92 Å². The highest BCUT2D eigenvalue weighted by Crippen LogP contribution is 2.22. The standard InChI is InChI=1S/C20H20F3N3O5/c21-20(22,23)12-31-19(29)26-8-6-13(7-9-26)17(27)24-14-3-1-4-15(11-14)25-18(28)16-5-2-10-30-16/h1-5,10-11,13H,6-9,12H2,(H,24,27)(H,25,28). The van der Waals surface area contributed by atoms with Crippen LogP contribution in [0.3, 0.4) is 0 Å². The van der Waals surface area contributed by atoms with Crippen molar-refractivity contribution in [3.05, 3.63) is 48.4 Å². The van der Waals surface area contributed by atoms with Crippen LogP contribution in [0.2, 0.25) is 0 Å². The van der Waals surface area contributed by atoms with Gasteiger partial charge in [0.2, 0.25) is 5.91 Å². The number of likely N-dealkylation sites (tertiary alicyclic amines) is 1. The van der Waals surface area contributed by atoms with E-state index in [1.165, 1.54) is 12.3 Å². The predicted molar refractivity (Wildman–Crippen MR) is 103 cm³/mol. The number of hydrogen-bond acceptors (Lipinski definition) is 5. The first-order chi connectivity index (χ1) is 14.7. The van der Waals surface area contributed by atoms with E-state index in [4.69, 9.17) is 4.42 Å². The Kier molecular flexibility index (Phi) is 6.83. The topological polar surface area (TPSA) is 101 Å². The molecule has 31 heavy (non-hydrogen) atoms. The number of nitrogens with zero attached hydrogens (tertiary/aromatic N) is 1. The molecule has 1 fully saturated rings. The average Bonchev–Trinajstić information content (AvgIpc) is 3.27. The van der Waals surface area contributed by atoms with Crippen LogP contribution in [-0.4, -0.2) is 48.7 Å². The third-order valence-electron chi connectivity index (χ3n) is 4.62. The Balaban J connectivity index is 1.49. The molecular formula is C20H20F3N3O5. The maximum absolute atomic E-state index is 12.5. The number of rotatable bonds is 5. The molecule has 0 spiro atoms. The molecule has 1 aliphatic rings.